The van der Waals surface area contributed by atoms with Crippen LogP contribution in [0.25, 0.3) is 0 Å². The molecule has 1 atom stereocenters. The van der Waals surface area contributed by atoms with E-state index in [9.17, 15) is 4.79 Å². The van der Waals surface area contributed by atoms with Gasteiger partial charge in [-0.1, -0.05) is 18.2 Å². The van der Waals surface area contributed by atoms with Gasteiger partial charge in [0.05, 0.1) is 5.92 Å². The molecule has 2 aromatic rings. The number of benzene rings is 1. The third kappa shape index (κ3) is 4.31. The van der Waals surface area contributed by atoms with Crippen molar-refractivity contribution in [1.29, 1.82) is 0 Å². The number of anilines is 3. The first-order valence-corrected chi connectivity index (χ1v) is 9.39. The van der Waals surface area contributed by atoms with Gasteiger partial charge in [-0.05, 0) is 38.8 Å². The van der Waals surface area contributed by atoms with Crippen molar-refractivity contribution in [2.75, 3.05) is 36.4 Å². The number of carbonyl (C=O) groups excluding carboxylic acids is 1. The fourth-order valence-electron chi connectivity index (χ4n) is 3.44. The molecule has 3 rings (SSSR count). The van der Waals surface area contributed by atoms with Crippen molar-refractivity contribution in [3.63, 3.8) is 0 Å². The molecule has 138 valence electrons. The molecule has 1 aromatic carbocycles. The summed E-state index contributed by atoms with van der Waals surface area (Å²) in [5.41, 5.74) is 0.991. The Kier molecular flexibility index (Phi) is 6.04. The summed E-state index contributed by atoms with van der Waals surface area (Å²) in [6.45, 7) is 7.25. The molecule has 0 radical (unpaired) electrons. The van der Waals surface area contributed by atoms with E-state index in [0.29, 0.717) is 0 Å². The SMILES string of the molecule is CCN(CC)C(=O)C1CCCN(c2cc(Nc3ccccc3)ncn2)C1. The van der Waals surface area contributed by atoms with Crippen molar-refractivity contribution in [2.24, 2.45) is 5.92 Å². The van der Waals surface area contributed by atoms with Crippen molar-refractivity contribution in [3.05, 3.63) is 42.7 Å². The van der Waals surface area contributed by atoms with E-state index in [2.05, 4.69) is 20.2 Å². The minimum absolute atomic E-state index is 0.0455. The molecule has 1 aliphatic heterocycles. The maximum Gasteiger partial charge on any atom is 0.227 e. The van der Waals surface area contributed by atoms with E-state index < -0.39 is 0 Å². The molecule has 1 aromatic heterocycles. The van der Waals surface area contributed by atoms with E-state index in [1.54, 1.807) is 6.33 Å². The Morgan fingerprint density at radius 1 is 1.23 bits per heavy atom. The highest BCUT2D eigenvalue weighted by Crippen LogP contribution is 2.25. The third-order valence-electron chi connectivity index (χ3n) is 4.87. The molecule has 6 nitrogen and oxygen atoms in total. The highest BCUT2D eigenvalue weighted by molar-refractivity contribution is 5.79. The van der Waals surface area contributed by atoms with Crippen molar-refractivity contribution >= 4 is 23.2 Å². The first-order chi connectivity index (χ1) is 12.7. The first kappa shape index (κ1) is 18.2. The zero-order chi connectivity index (χ0) is 18.4. The number of hydrogen-bond donors (Lipinski definition) is 1. The quantitative estimate of drug-likeness (QED) is 0.863. The highest BCUT2D eigenvalue weighted by Gasteiger charge is 2.29. The van der Waals surface area contributed by atoms with Crippen LogP contribution in [0.4, 0.5) is 17.3 Å². The lowest BCUT2D eigenvalue weighted by Gasteiger charge is -2.35. The molecule has 6 heteroatoms. The molecule has 0 saturated carbocycles. The number of aromatic nitrogens is 2. The molecule has 0 bridgehead atoms. The van der Waals surface area contributed by atoms with E-state index in [-0.39, 0.29) is 11.8 Å². The van der Waals surface area contributed by atoms with Gasteiger partial charge < -0.3 is 15.1 Å². The minimum atomic E-state index is 0.0455. The Hall–Kier alpha value is -2.63. The van der Waals surface area contributed by atoms with Gasteiger partial charge in [-0.3, -0.25) is 4.79 Å². The monoisotopic (exact) mass is 353 g/mol. The second-order valence-electron chi connectivity index (χ2n) is 6.55. The number of rotatable bonds is 6. The first-order valence-electron chi connectivity index (χ1n) is 9.39. The van der Waals surface area contributed by atoms with E-state index in [0.717, 1.165) is 56.3 Å². The molecule has 2 heterocycles. The number of piperidine rings is 1. The van der Waals surface area contributed by atoms with E-state index in [4.69, 9.17) is 0 Å². The molecular weight excluding hydrogens is 326 g/mol. The lowest BCUT2D eigenvalue weighted by Crippen LogP contribution is -2.45. The van der Waals surface area contributed by atoms with Gasteiger partial charge in [-0.25, -0.2) is 9.97 Å². The van der Waals surface area contributed by atoms with Crippen molar-refractivity contribution in [1.82, 2.24) is 14.9 Å². The normalized spacial score (nSPS) is 17.0. The maximum absolute atomic E-state index is 12.7. The number of amides is 1. The number of hydrogen-bond acceptors (Lipinski definition) is 5. The van der Waals surface area contributed by atoms with Crippen LogP contribution in [0.2, 0.25) is 0 Å². The van der Waals surface area contributed by atoms with Gasteiger partial charge in [-0.2, -0.15) is 0 Å². The molecular formula is C20H27N5O. The predicted octanol–water partition coefficient (Wildman–Crippen LogP) is 3.31. The number of nitrogens with one attached hydrogen (secondary N) is 1. The zero-order valence-corrected chi connectivity index (χ0v) is 15.6. The lowest BCUT2D eigenvalue weighted by molar-refractivity contribution is -0.135. The highest BCUT2D eigenvalue weighted by atomic mass is 16.2. The van der Waals surface area contributed by atoms with Crippen LogP contribution in [0.5, 0.6) is 0 Å². The summed E-state index contributed by atoms with van der Waals surface area (Å²) in [5, 5.41) is 3.30. The Balaban J connectivity index is 1.70. The zero-order valence-electron chi connectivity index (χ0n) is 15.6. The largest absolute Gasteiger partial charge is 0.356 e. The molecule has 0 aliphatic carbocycles. The van der Waals surface area contributed by atoms with Crippen molar-refractivity contribution < 1.29 is 4.79 Å². The Bertz CT molecular complexity index is 717. The van der Waals surface area contributed by atoms with Crippen LogP contribution in [0.1, 0.15) is 26.7 Å². The van der Waals surface area contributed by atoms with E-state index in [1.165, 1.54) is 0 Å². The fourth-order valence-corrected chi connectivity index (χ4v) is 3.44. The predicted molar refractivity (Wildman–Crippen MR) is 105 cm³/mol. The molecule has 0 spiro atoms. The van der Waals surface area contributed by atoms with Gasteiger partial charge in [-0.15, -0.1) is 0 Å². The van der Waals surface area contributed by atoms with Gasteiger partial charge >= 0.3 is 0 Å². The number of nitrogens with zero attached hydrogens (tertiary/aromatic N) is 4. The summed E-state index contributed by atoms with van der Waals surface area (Å²) in [7, 11) is 0. The van der Waals surface area contributed by atoms with Gasteiger partial charge in [0.1, 0.15) is 18.0 Å². The molecule has 1 N–H and O–H groups in total. The van der Waals surface area contributed by atoms with Gasteiger partial charge in [0.15, 0.2) is 0 Å². The van der Waals surface area contributed by atoms with Crippen LogP contribution in [0.15, 0.2) is 42.7 Å². The van der Waals surface area contributed by atoms with E-state index in [1.807, 2.05) is 55.1 Å². The Labute approximate surface area is 155 Å². The standard InChI is InChI=1S/C20H27N5O/c1-3-24(4-2)20(26)16-9-8-12-25(14-16)19-13-18(21-15-22-19)23-17-10-6-5-7-11-17/h5-7,10-11,13,15-16H,3-4,8-9,12,14H2,1-2H3,(H,21,22,23). The maximum atomic E-state index is 12.7. The second-order valence-corrected chi connectivity index (χ2v) is 6.55. The third-order valence-corrected chi connectivity index (χ3v) is 4.87. The molecule has 1 amide bonds. The van der Waals surface area contributed by atoms with Crippen LogP contribution in [-0.2, 0) is 4.79 Å². The molecule has 1 aliphatic rings. The summed E-state index contributed by atoms with van der Waals surface area (Å²) in [4.78, 5) is 25.6. The van der Waals surface area contributed by atoms with E-state index >= 15 is 0 Å². The van der Waals surface area contributed by atoms with Crippen LogP contribution in [-0.4, -0.2) is 47.0 Å². The Morgan fingerprint density at radius 3 is 2.73 bits per heavy atom. The summed E-state index contributed by atoms with van der Waals surface area (Å²) >= 11 is 0. The topological polar surface area (TPSA) is 61.4 Å². The second kappa shape index (κ2) is 8.65. The van der Waals surface area contributed by atoms with Crippen LogP contribution < -0.4 is 10.2 Å². The molecule has 1 saturated heterocycles. The van der Waals surface area contributed by atoms with Crippen molar-refractivity contribution in [2.45, 2.75) is 26.7 Å². The molecule has 1 fully saturated rings. The van der Waals surface area contributed by atoms with Crippen LogP contribution in [0.3, 0.4) is 0 Å². The number of para-hydroxylation sites is 1. The van der Waals surface area contributed by atoms with Gasteiger partial charge in [0.2, 0.25) is 5.91 Å². The van der Waals surface area contributed by atoms with Crippen molar-refractivity contribution in [3.8, 4) is 0 Å². The average molecular weight is 353 g/mol. The summed E-state index contributed by atoms with van der Waals surface area (Å²) in [5.74, 6) is 1.94. The lowest BCUT2D eigenvalue weighted by atomic mass is 9.96. The molecule has 26 heavy (non-hydrogen) atoms. The minimum Gasteiger partial charge on any atom is -0.356 e. The van der Waals surface area contributed by atoms with Crippen LogP contribution in [0, 0.1) is 5.92 Å². The summed E-state index contributed by atoms with van der Waals surface area (Å²) < 4.78 is 0. The van der Waals surface area contributed by atoms with Gasteiger partial charge in [0, 0.05) is 37.9 Å². The smallest absolute Gasteiger partial charge is 0.227 e. The average Bonchev–Trinajstić information content (AvgIpc) is 2.70. The Morgan fingerprint density at radius 2 is 2.00 bits per heavy atom. The summed E-state index contributed by atoms with van der Waals surface area (Å²) in [6, 6.07) is 11.9. The fraction of sp³-hybridized carbons (Fsp3) is 0.450. The van der Waals surface area contributed by atoms with Crippen LogP contribution >= 0.6 is 0 Å². The van der Waals surface area contributed by atoms with Gasteiger partial charge in [0.25, 0.3) is 0 Å². The summed E-state index contributed by atoms with van der Waals surface area (Å²) in [6.07, 6.45) is 3.53. The number of carbonyl (C=O) groups is 1. The molecule has 1 unspecified atom stereocenters.